The molecule has 8 heteroatoms. The van der Waals surface area contributed by atoms with Crippen molar-refractivity contribution in [1.29, 1.82) is 0 Å². The second kappa shape index (κ2) is 5.91. The van der Waals surface area contributed by atoms with Gasteiger partial charge in [0.2, 0.25) is 0 Å². The zero-order valence-corrected chi connectivity index (χ0v) is 10.7. The molecule has 0 bridgehead atoms. The molecule has 0 saturated carbocycles. The standard InChI is InChI=1S/C12H13N5O3/c1-2-10(12(19)20)14-11(18)8-4-3-5-9(6-8)17-7-13-15-16-17/h3-7,10H,2H2,1H3,(H,14,18)(H,19,20). The number of hydrogen-bond acceptors (Lipinski definition) is 5. The number of carbonyl (C=O) groups excluding carboxylic acids is 1. The molecule has 0 aliphatic carbocycles. The first-order valence-corrected chi connectivity index (χ1v) is 5.99. The number of carboxylic acid groups (broad SMARTS) is 1. The normalized spacial score (nSPS) is 11.8. The van der Waals surface area contributed by atoms with Crippen molar-refractivity contribution in [1.82, 2.24) is 25.5 Å². The van der Waals surface area contributed by atoms with Gasteiger partial charge in [-0.3, -0.25) is 4.79 Å². The molecule has 8 nitrogen and oxygen atoms in total. The van der Waals surface area contributed by atoms with Gasteiger partial charge >= 0.3 is 5.97 Å². The Morgan fingerprint density at radius 2 is 2.25 bits per heavy atom. The maximum atomic E-state index is 12.0. The van der Waals surface area contributed by atoms with Crippen LogP contribution >= 0.6 is 0 Å². The molecular weight excluding hydrogens is 262 g/mol. The van der Waals surface area contributed by atoms with Gasteiger partial charge in [-0.1, -0.05) is 13.0 Å². The summed E-state index contributed by atoms with van der Waals surface area (Å²) in [5.74, 6) is -1.51. The number of amides is 1. The topological polar surface area (TPSA) is 110 Å². The fourth-order valence-electron chi connectivity index (χ4n) is 1.65. The number of benzene rings is 1. The highest BCUT2D eigenvalue weighted by Gasteiger charge is 2.18. The molecule has 0 saturated heterocycles. The van der Waals surface area contributed by atoms with Gasteiger partial charge in [0.25, 0.3) is 5.91 Å². The summed E-state index contributed by atoms with van der Waals surface area (Å²) in [5, 5.41) is 22.1. The van der Waals surface area contributed by atoms with Crippen LogP contribution in [-0.2, 0) is 4.79 Å². The van der Waals surface area contributed by atoms with Crippen molar-refractivity contribution in [2.75, 3.05) is 0 Å². The highest BCUT2D eigenvalue weighted by atomic mass is 16.4. The van der Waals surface area contributed by atoms with Crippen LogP contribution in [0, 0.1) is 0 Å². The second-order valence-electron chi connectivity index (χ2n) is 4.08. The largest absolute Gasteiger partial charge is 0.480 e. The van der Waals surface area contributed by atoms with Gasteiger partial charge in [-0.15, -0.1) is 5.10 Å². The van der Waals surface area contributed by atoms with E-state index in [-0.39, 0.29) is 0 Å². The van der Waals surface area contributed by atoms with Gasteiger partial charge in [0.05, 0.1) is 5.69 Å². The summed E-state index contributed by atoms with van der Waals surface area (Å²) < 4.78 is 1.41. The van der Waals surface area contributed by atoms with Gasteiger partial charge < -0.3 is 10.4 Å². The molecule has 1 atom stereocenters. The van der Waals surface area contributed by atoms with Crippen LogP contribution in [0.25, 0.3) is 5.69 Å². The van der Waals surface area contributed by atoms with Crippen molar-refractivity contribution >= 4 is 11.9 Å². The van der Waals surface area contributed by atoms with Crippen molar-refractivity contribution in [3.63, 3.8) is 0 Å². The zero-order chi connectivity index (χ0) is 14.5. The molecule has 1 heterocycles. The highest BCUT2D eigenvalue weighted by molar-refractivity contribution is 5.97. The van der Waals surface area contributed by atoms with Gasteiger partial charge in [0.15, 0.2) is 0 Å². The first-order chi connectivity index (χ1) is 9.61. The molecule has 2 aromatic rings. The van der Waals surface area contributed by atoms with Gasteiger partial charge in [-0.2, -0.15) is 0 Å². The predicted molar refractivity (Wildman–Crippen MR) is 68.3 cm³/mol. The molecule has 20 heavy (non-hydrogen) atoms. The molecule has 0 spiro atoms. The van der Waals surface area contributed by atoms with E-state index in [1.54, 1.807) is 31.2 Å². The van der Waals surface area contributed by atoms with Gasteiger partial charge in [0, 0.05) is 5.56 Å². The molecular formula is C12H13N5O3. The minimum Gasteiger partial charge on any atom is -0.480 e. The fraction of sp³-hybridized carbons (Fsp3) is 0.250. The van der Waals surface area contributed by atoms with Crippen molar-refractivity contribution in [2.45, 2.75) is 19.4 Å². The number of nitrogens with zero attached hydrogens (tertiary/aromatic N) is 4. The molecule has 0 radical (unpaired) electrons. The van der Waals surface area contributed by atoms with E-state index >= 15 is 0 Å². The van der Waals surface area contributed by atoms with E-state index in [9.17, 15) is 9.59 Å². The smallest absolute Gasteiger partial charge is 0.326 e. The molecule has 104 valence electrons. The van der Waals surface area contributed by atoms with E-state index in [0.29, 0.717) is 17.7 Å². The second-order valence-corrected chi connectivity index (χ2v) is 4.08. The Balaban J connectivity index is 2.19. The minimum atomic E-state index is -1.06. The monoisotopic (exact) mass is 275 g/mol. The number of aromatic nitrogens is 4. The molecule has 2 rings (SSSR count). The third-order valence-electron chi connectivity index (χ3n) is 2.73. The maximum Gasteiger partial charge on any atom is 0.326 e. The van der Waals surface area contributed by atoms with E-state index in [1.165, 1.54) is 11.0 Å². The molecule has 1 amide bonds. The Labute approximate surface area is 114 Å². The van der Waals surface area contributed by atoms with Crippen LogP contribution in [0.2, 0.25) is 0 Å². The van der Waals surface area contributed by atoms with E-state index in [2.05, 4.69) is 20.8 Å². The van der Waals surface area contributed by atoms with Crippen molar-refractivity contribution in [3.05, 3.63) is 36.2 Å². The fourth-order valence-corrected chi connectivity index (χ4v) is 1.65. The van der Waals surface area contributed by atoms with Crippen LogP contribution in [-0.4, -0.2) is 43.2 Å². The number of carbonyl (C=O) groups is 2. The summed E-state index contributed by atoms with van der Waals surface area (Å²) >= 11 is 0. The van der Waals surface area contributed by atoms with Gasteiger partial charge in [-0.05, 0) is 35.0 Å². The quantitative estimate of drug-likeness (QED) is 0.809. The maximum absolute atomic E-state index is 12.0. The Morgan fingerprint density at radius 1 is 1.45 bits per heavy atom. The predicted octanol–water partition coefficient (Wildman–Crippen LogP) is 0.255. The summed E-state index contributed by atoms with van der Waals surface area (Å²) in [6, 6.07) is 5.69. The lowest BCUT2D eigenvalue weighted by molar-refractivity contribution is -0.139. The number of nitrogens with one attached hydrogen (secondary N) is 1. The summed E-state index contributed by atoms with van der Waals surface area (Å²) in [7, 11) is 0. The number of rotatable bonds is 5. The lowest BCUT2D eigenvalue weighted by Gasteiger charge is -2.12. The van der Waals surface area contributed by atoms with Crippen LogP contribution < -0.4 is 5.32 Å². The molecule has 0 fully saturated rings. The Kier molecular flexibility index (Phi) is 4.04. The van der Waals surface area contributed by atoms with Crippen molar-refractivity contribution < 1.29 is 14.7 Å². The summed E-state index contributed by atoms with van der Waals surface area (Å²) in [6.45, 7) is 1.69. The van der Waals surface area contributed by atoms with Crippen molar-refractivity contribution in [3.8, 4) is 5.69 Å². The molecule has 0 aliphatic rings. The average Bonchev–Trinajstić information content (AvgIpc) is 2.98. The van der Waals surface area contributed by atoms with Crippen LogP contribution in [0.15, 0.2) is 30.6 Å². The minimum absolute atomic E-state index is 0.313. The van der Waals surface area contributed by atoms with Crippen LogP contribution in [0.5, 0.6) is 0 Å². The van der Waals surface area contributed by atoms with Crippen LogP contribution in [0.1, 0.15) is 23.7 Å². The number of hydrogen-bond donors (Lipinski definition) is 2. The number of carboxylic acids is 1. The summed E-state index contributed by atoms with van der Waals surface area (Å²) in [5.41, 5.74) is 0.962. The summed E-state index contributed by atoms with van der Waals surface area (Å²) in [6.07, 6.45) is 1.72. The van der Waals surface area contributed by atoms with E-state index < -0.39 is 17.9 Å². The van der Waals surface area contributed by atoms with Crippen LogP contribution in [0.4, 0.5) is 0 Å². The Morgan fingerprint density at radius 3 is 2.85 bits per heavy atom. The SMILES string of the molecule is CCC(NC(=O)c1cccc(-n2cnnn2)c1)C(=O)O. The summed E-state index contributed by atoms with van der Waals surface area (Å²) in [4.78, 5) is 22.9. The first kappa shape index (κ1) is 13.7. The number of tetrazole rings is 1. The van der Waals surface area contributed by atoms with E-state index in [0.717, 1.165) is 0 Å². The third-order valence-corrected chi connectivity index (χ3v) is 2.73. The molecule has 1 aromatic carbocycles. The Bertz CT molecular complexity index is 611. The van der Waals surface area contributed by atoms with Crippen molar-refractivity contribution in [2.24, 2.45) is 0 Å². The van der Waals surface area contributed by atoms with Gasteiger partial charge in [0.1, 0.15) is 12.4 Å². The zero-order valence-electron chi connectivity index (χ0n) is 10.7. The van der Waals surface area contributed by atoms with Gasteiger partial charge in [-0.25, -0.2) is 9.48 Å². The molecule has 1 unspecified atom stereocenters. The average molecular weight is 275 g/mol. The van der Waals surface area contributed by atoms with Crippen LogP contribution in [0.3, 0.4) is 0 Å². The first-order valence-electron chi connectivity index (χ1n) is 5.99. The number of aliphatic carboxylic acids is 1. The van der Waals surface area contributed by atoms with E-state index in [1.807, 2.05) is 0 Å². The molecule has 2 N–H and O–H groups in total. The Hall–Kier alpha value is -2.77. The lowest BCUT2D eigenvalue weighted by Crippen LogP contribution is -2.40. The molecule has 1 aromatic heterocycles. The lowest BCUT2D eigenvalue weighted by atomic mass is 10.1. The molecule has 0 aliphatic heterocycles. The van der Waals surface area contributed by atoms with E-state index in [4.69, 9.17) is 5.11 Å². The third kappa shape index (κ3) is 2.97. The highest BCUT2D eigenvalue weighted by Crippen LogP contribution is 2.09.